The van der Waals surface area contributed by atoms with E-state index in [9.17, 15) is 0 Å². The van der Waals surface area contributed by atoms with Gasteiger partial charge in [0.05, 0.1) is 5.69 Å². The van der Waals surface area contributed by atoms with E-state index in [0.29, 0.717) is 0 Å². The van der Waals surface area contributed by atoms with Crippen LogP contribution in [-0.4, -0.2) is 4.98 Å². The summed E-state index contributed by atoms with van der Waals surface area (Å²) in [6, 6.07) is 2.36. The van der Waals surface area contributed by atoms with E-state index >= 15 is 0 Å². The van der Waals surface area contributed by atoms with Crippen molar-refractivity contribution in [3.8, 4) is 0 Å². The molecule has 0 aliphatic heterocycles. The number of nitrogens with two attached hydrogens (primary N) is 1. The lowest BCUT2D eigenvalue weighted by Gasteiger charge is -2.13. The molecule has 0 aliphatic carbocycles. The molecule has 17 heavy (non-hydrogen) atoms. The SMILES string of the molecule is CCCCc1cnc(C(C)N)c(CCCC)c1. The second kappa shape index (κ2) is 7.44. The zero-order chi connectivity index (χ0) is 12.7. The van der Waals surface area contributed by atoms with Crippen molar-refractivity contribution in [1.29, 1.82) is 0 Å². The number of aryl methyl sites for hydroxylation is 2. The maximum atomic E-state index is 5.97. The first-order valence-corrected chi connectivity index (χ1v) is 6.92. The highest BCUT2D eigenvalue weighted by Gasteiger charge is 2.09. The van der Waals surface area contributed by atoms with Gasteiger partial charge in [-0.25, -0.2) is 0 Å². The Hall–Kier alpha value is -0.890. The van der Waals surface area contributed by atoms with Crippen LogP contribution in [0.15, 0.2) is 12.3 Å². The van der Waals surface area contributed by atoms with Crippen LogP contribution in [0.2, 0.25) is 0 Å². The Labute approximate surface area is 106 Å². The Morgan fingerprint density at radius 1 is 1.18 bits per heavy atom. The molecule has 2 heteroatoms. The summed E-state index contributed by atoms with van der Waals surface area (Å²) in [7, 11) is 0. The largest absolute Gasteiger partial charge is 0.323 e. The first-order chi connectivity index (χ1) is 8.19. The highest BCUT2D eigenvalue weighted by molar-refractivity contribution is 5.27. The number of rotatable bonds is 7. The fourth-order valence-electron chi connectivity index (χ4n) is 2.07. The average Bonchev–Trinajstić information content (AvgIpc) is 2.33. The molecule has 0 aliphatic rings. The predicted octanol–water partition coefficient (Wildman–Crippen LogP) is 3.79. The van der Waals surface area contributed by atoms with E-state index < -0.39 is 0 Å². The van der Waals surface area contributed by atoms with Crippen molar-refractivity contribution in [2.24, 2.45) is 5.73 Å². The topological polar surface area (TPSA) is 38.9 Å². The van der Waals surface area contributed by atoms with Crippen LogP contribution >= 0.6 is 0 Å². The fraction of sp³-hybridized carbons (Fsp3) is 0.667. The highest BCUT2D eigenvalue weighted by atomic mass is 14.8. The molecule has 1 heterocycles. The van der Waals surface area contributed by atoms with Crippen molar-refractivity contribution in [2.75, 3.05) is 0 Å². The van der Waals surface area contributed by atoms with E-state index in [1.165, 1.54) is 36.8 Å². The first kappa shape index (κ1) is 14.2. The van der Waals surface area contributed by atoms with Gasteiger partial charge in [0, 0.05) is 12.2 Å². The van der Waals surface area contributed by atoms with Gasteiger partial charge in [-0.3, -0.25) is 4.98 Å². The maximum absolute atomic E-state index is 5.97. The van der Waals surface area contributed by atoms with Crippen molar-refractivity contribution in [3.63, 3.8) is 0 Å². The lowest BCUT2D eigenvalue weighted by Crippen LogP contribution is -2.11. The Balaban J connectivity index is 2.84. The summed E-state index contributed by atoms with van der Waals surface area (Å²) in [6.07, 6.45) is 9.17. The minimum absolute atomic E-state index is 0.0436. The molecule has 0 fully saturated rings. The third-order valence-electron chi connectivity index (χ3n) is 3.11. The molecule has 1 unspecified atom stereocenters. The van der Waals surface area contributed by atoms with Gasteiger partial charge in [-0.2, -0.15) is 0 Å². The van der Waals surface area contributed by atoms with E-state index in [1.54, 1.807) is 0 Å². The molecule has 0 saturated heterocycles. The molecule has 1 aromatic rings. The molecule has 0 radical (unpaired) electrons. The van der Waals surface area contributed by atoms with Crippen LogP contribution in [0.4, 0.5) is 0 Å². The van der Waals surface area contributed by atoms with Crippen molar-refractivity contribution in [2.45, 2.75) is 65.3 Å². The molecule has 0 amide bonds. The van der Waals surface area contributed by atoms with Gasteiger partial charge in [0.15, 0.2) is 0 Å². The van der Waals surface area contributed by atoms with Crippen LogP contribution in [-0.2, 0) is 12.8 Å². The number of nitrogens with zero attached hydrogens (tertiary/aromatic N) is 1. The average molecular weight is 234 g/mol. The Kier molecular flexibility index (Phi) is 6.20. The number of hydrogen-bond donors (Lipinski definition) is 1. The van der Waals surface area contributed by atoms with Crippen LogP contribution in [0.3, 0.4) is 0 Å². The van der Waals surface area contributed by atoms with Gasteiger partial charge in [0.1, 0.15) is 0 Å². The molecule has 1 rings (SSSR count). The molecular formula is C15H26N2. The summed E-state index contributed by atoms with van der Waals surface area (Å²) >= 11 is 0. The van der Waals surface area contributed by atoms with Crippen LogP contribution in [0, 0.1) is 0 Å². The van der Waals surface area contributed by atoms with Crippen LogP contribution < -0.4 is 5.73 Å². The second-order valence-electron chi connectivity index (χ2n) is 4.88. The van der Waals surface area contributed by atoms with Crippen molar-refractivity contribution in [1.82, 2.24) is 4.98 Å². The molecule has 0 saturated carbocycles. The number of pyridine rings is 1. The van der Waals surface area contributed by atoms with E-state index in [4.69, 9.17) is 5.73 Å². The quantitative estimate of drug-likeness (QED) is 0.779. The van der Waals surface area contributed by atoms with E-state index in [1.807, 2.05) is 13.1 Å². The first-order valence-electron chi connectivity index (χ1n) is 6.92. The minimum atomic E-state index is 0.0436. The lowest BCUT2D eigenvalue weighted by atomic mass is 9.99. The summed E-state index contributed by atoms with van der Waals surface area (Å²) in [4.78, 5) is 4.56. The molecule has 0 aromatic carbocycles. The predicted molar refractivity (Wildman–Crippen MR) is 74.1 cm³/mol. The summed E-state index contributed by atoms with van der Waals surface area (Å²) < 4.78 is 0. The summed E-state index contributed by atoms with van der Waals surface area (Å²) in [5.74, 6) is 0. The molecule has 96 valence electrons. The van der Waals surface area contributed by atoms with E-state index in [2.05, 4.69) is 24.9 Å². The number of hydrogen-bond acceptors (Lipinski definition) is 2. The van der Waals surface area contributed by atoms with E-state index in [0.717, 1.165) is 18.5 Å². The maximum Gasteiger partial charge on any atom is 0.0600 e. The molecule has 2 N–H and O–H groups in total. The molecule has 1 aromatic heterocycles. The monoisotopic (exact) mass is 234 g/mol. The third kappa shape index (κ3) is 4.47. The van der Waals surface area contributed by atoms with Gasteiger partial charge in [-0.15, -0.1) is 0 Å². The van der Waals surface area contributed by atoms with Crippen molar-refractivity contribution < 1.29 is 0 Å². The molecule has 2 nitrogen and oxygen atoms in total. The zero-order valence-corrected chi connectivity index (χ0v) is 11.5. The fourth-order valence-corrected chi connectivity index (χ4v) is 2.07. The van der Waals surface area contributed by atoms with Crippen LogP contribution in [0.1, 0.15) is 69.3 Å². The third-order valence-corrected chi connectivity index (χ3v) is 3.11. The smallest absolute Gasteiger partial charge is 0.0600 e. The van der Waals surface area contributed by atoms with Gasteiger partial charge < -0.3 is 5.73 Å². The molecule has 1 atom stereocenters. The van der Waals surface area contributed by atoms with Crippen LogP contribution in [0.5, 0.6) is 0 Å². The number of aromatic nitrogens is 1. The molecular weight excluding hydrogens is 208 g/mol. The van der Waals surface area contributed by atoms with Gasteiger partial charge in [-0.1, -0.05) is 32.8 Å². The number of unbranched alkanes of at least 4 members (excludes halogenated alkanes) is 2. The Morgan fingerprint density at radius 3 is 2.41 bits per heavy atom. The van der Waals surface area contributed by atoms with Gasteiger partial charge in [0.25, 0.3) is 0 Å². The van der Waals surface area contributed by atoms with Gasteiger partial charge in [-0.05, 0) is 43.7 Å². The van der Waals surface area contributed by atoms with E-state index in [-0.39, 0.29) is 6.04 Å². The van der Waals surface area contributed by atoms with Gasteiger partial charge >= 0.3 is 0 Å². The molecule has 0 bridgehead atoms. The second-order valence-corrected chi connectivity index (χ2v) is 4.88. The zero-order valence-electron chi connectivity index (χ0n) is 11.5. The summed E-state index contributed by atoms with van der Waals surface area (Å²) in [6.45, 7) is 6.46. The lowest BCUT2D eigenvalue weighted by molar-refractivity contribution is 0.721. The Morgan fingerprint density at radius 2 is 1.82 bits per heavy atom. The van der Waals surface area contributed by atoms with Crippen molar-refractivity contribution >= 4 is 0 Å². The summed E-state index contributed by atoms with van der Waals surface area (Å²) in [5, 5.41) is 0. The Bertz CT molecular complexity index is 332. The minimum Gasteiger partial charge on any atom is -0.323 e. The van der Waals surface area contributed by atoms with Gasteiger partial charge in [0.2, 0.25) is 0 Å². The summed E-state index contributed by atoms with van der Waals surface area (Å²) in [5.41, 5.74) is 9.78. The van der Waals surface area contributed by atoms with Crippen LogP contribution in [0.25, 0.3) is 0 Å². The highest BCUT2D eigenvalue weighted by Crippen LogP contribution is 2.18. The van der Waals surface area contributed by atoms with Crippen molar-refractivity contribution in [3.05, 3.63) is 29.1 Å². The normalized spacial score (nSPS) is 12.7. The molecule has 0 spiro atoms. The standard InChI is InChI=1S/C15H26N2/c1-4-6-8-13-10-14(9-7-5-2)15(12(3)16)17-11-13/h10-12H,4-9,16H2,1-3H3.